The molecule has 1 aromatic carbocycles. The molecule has 26 heavy (non-hydrogen) atoms. The van der Waals surface area contributed by atoms with Crippen LogP contribution in [0, 0.1) is 5.92 Å². The van der Waals surface area contributed by atoms with Crippen LogP contribution in [0.15, 0.2) is 24.3 Å². The number of likely N-dealkylation sites (tertiary alicyclic amines) is 1. The highest BCUT2D eigenvalue weighted by molar-refractivity contribution is 5.94. The fourth-order valence-electron chi connectivity index (χ4n) is 3.64. The van der Waals surface area contributed by atoms with Gasteiger partial charge in [-0.25, -0.2) is 0 Å². The van der Waals surface area contributed by atoms with E-state index in [0.717, 1.165) is 25.1 Å². The number of piperidine rings is 1. The van der Waals surface area contributed by atoms with E-state index in [0.29, 0.717) is 13.2 Å². The van der Waals surface area contributed by atoms with Gasteiger partial charge in [0.2, 0.25) is 5.91 Å². The van der Waals surface area contributed by atoms with E-state index >= 15 is 0 Å². The quantitative estimate of drug-likeness (QED) is 0.791. The number of amides is 1. The summed E-state index contributed by atoms with van der Waals surface area (Å²) in [4.78, 5) is 14.9. The number of hydrogen-bond donors (Lipinski definition) is 2. The van der Waals surface area contributed by atoms with Crippen molar-refractivity contribution in [2.45, 2.75) is 44.7 Å². The number of carbonyl (C=O) groups excluding carboxylic acids is 1. The molecular weight excluding hydrogens is 373 g/mol. The zero-order valence-corrected chi connectivity index (χ0v) is 16.8. The van der Waals surface area contributed by atoms with Crippen LogP contribution in [0.5, 0.6) is 0 Å². The van der Waals surface area contributed by atoms with Crippen LogP contribution < -0.4 is 11.1 Å². The second-order valence-electron chi connectivity index (χ2n) is 7.00. The number of anilines is 1. The van der Waals surface area contributed by atoms with Crippen molar-refractivity contribution in [2.24, 2.45) is 11.7 Å². The molecule has 1 aromatic rings. The maximum absolute atomic E-state index is 12.4. The van der Waals surface area contributed by atoms with E-state index in [1.807, 2.05) is 12.1 Å². The molecule has 2 saturated heterocycles. The molecule has 2 aliphatic rings. The number of halogens is 2. The van der Waals surface area contributed by atoms with Crippen LogP contribution in [0.3, 0.4) is 0 Å². The molecule has 7 heteroatoms. The monoisotopic (exact) mass is 403 g/mol. The van der Waals surface area contributed by atoms with Crippen molar-refractivity contribution in [1.82, 2.24) is 4.90 Å². The molecule has 3 N–H and O–H groups in total. The molecule has 0 spiro atoms. The van der Waals surface area contributed by atoms with Gasteiger partial charge in [0, 0.05) is 25.4 Å². The largest absolute Gasteiger partial charge is 0.381 e. The summed E-state index contributed by atoms with van der Waals surface area (Å²) < 4.78 is 5.34. The lowest BCUT2D eigenvalue weighted by Crippen LogP contribution is -2.44. The number of nitrogens with two attached hydrogens (primary N) is 1. The van der Waals surface area contributed by atoms with E-state index < -0.39 is 6.04 Å². The van der Waals surface area contributed by atoms with Gasteiger partial charge in [-0.1, -0.05) is 18.6 Å². The number of hydrogen-bond acceptors (Lipinski definition) is 4. The van der Waals surface area contributed by atoms with Crippen molar-refractivity contribution in [3.8, 4) is 0 Å². The Bertz CT molecular complexity index is 547. The molecule has 0 bridgehead atoms. The van der Waals surface area contributed by atoms with Crippen molar-refractivity contribution >= 4 is 36.4 Å². The van der Waals surface area contributed by atoms with Gasteiger partial charge in [-0.2, -0.15) is 0 Å². The zero-order valence-electron chi connectivity index (χ0n) is 15.2. The Kier molecular flexibility index (Phi) is 10.5. The third kappa shape index (κ3) is 6.71. The molecule has 1 atom stereocenters. The molecule has 148 valence electrons. The summed E-state index contributed by atoms with van der Waals surface area (Å²) in [5.41, 5.74) is 8.24. The van der Waals surface area contributed by atoms with Gasteiger partial charge in [-0.3, -0.25) is 9.69 Å². The Labute approximate surface area is 168 Å². The maximum Gasteiger partial charge on any atom is 0.241 e. The first-order valence-electron chi connectivity index (χ1n) is 9.18. The maximum atomic E-state index is 12.4. The summed E-state index contributed by atoms with van der Waals surface area (Å²) in [6.45, 7) is 4.71. The average Bonchev–Trinajstić information content (AvgIpc) is 2.63. The van der Waals surface area contributed by atoms with Crippen LogP contribution in [0.2, 0.25) is 0 Å². The minimum absolute atomic E-state index is 0. The molecule has 5 nitrogen and oxygen atoms in total. The van der Waals surface area contributed by atoms with E-state index in [2.05, 4.69) is 22.3 Å². The van der Waals surface area contributed by atoms with E-state index in [1.165, 1.54) is 37.9 Å². The highest BCUT2D eigenvalue weighted by atomic mass is 35.5. The van der Waals surface area contributed by atoms with Gasteiger partial charge < -0.3 is 15.8 Å². The smallest absolute Gasteiger partial charge is 0.241 e. The van der Waals surface area contributed by atoms with E-state index in [-0.39, 0.29) is 36.6 Å². The first-order valence-corrected chi connectivity index (χ1v) is 9.18. The Morgan fingerprint density at radius 2 is 1.88 bits per heavy atom. The molecule has 2 aliphatic heterocycles. The Balaban J connectivity index is 0.00000169. The first-order chi connectivity index (χ1) is 11.7. The number of nitrogens with one attached hydrogen (secondary N) is 1. The number of benzene rings is 1. The van der Waals surface area contributed by atoms with Gasteiger partial charge in [-0.05, 0) is 62.4 Å². The van der Waals surface area contributed by atoms with Crippen molar-refractivity contribution in [1.29, 1.82) is 0 Å². The zero-order chi connectivity index (χ0) is 16.8. The molecular formula is C19H31Cl2N3O2. The summed E-state index contributed by atoms with van der Waals surface area (Å²) in [6, 6.07) is 7.69. The van der Waals surface area contributed by atoms with Crippen molar-refractivity contribution in [2.75, 3.05) is 31.6 Å². The highest BCUT2D eigenvalue weighted by Crippen LogP contribution is 2.20. The van der Waals surface area contributed by atoms with Crippen LogP contribution in [-0.2, 0) is 16.1 Å². The van der Waals surface area contributed by atoms with Gasteiger partial charge in [0.1, 0.15) is 0 Å². The Hall–Kier alpha value is -0.850. The summed E-state index contributed by atoms with van der Waals surface area (Å²) in [5.74, 6) is 0.132. The second-order valence-corrected chi connectivity index (χ2v) is 7.00. The van der Waals surface area contributed by atoms with Crippen molar-refractivity contribution in [3.63, 3.8) is 0 Å². The minimum Gasteiger partial charge on any atom is -0.381 e. The van der Waals surface area contributed by atoms with Crippen molar-refractivity contribution < 1.29 is 9.53 Å². The van der Waals surface area contributed by atoms with Crippen LogP contribution in [-0.4, -0.2) is 43.2 Å². The highest BCUT2D eigenvalue weighted by Gasteiger charge is 2.26. The molecule has 2 heterocycles. The van der Waals surface area contributed by atoms with Gasteiger partial charge in [0.05, 0.1) is 6.04 Å². The average molecular weight is 404 g/mol. The third-order valence-corrected chi connectivity index (χ3v) is 5.13. The predicted molar refractivity (Wildman–Crippen MR) is 110 cm³/mol. The van der Waals surface area contributed by atoms with Crippen molar-refractivity contribution in [3.05, 3.63) is 29.8 Å². The summed E-state index contributed by atoms with van der Waals surface area (Å²) >= 11 is 0. The normalized spacial score (nSPS) is 19.7. The number of ether oxygens (including phenoxy) is 1. The lowest BCUT2D eigenvalue weighted by atomic mass is 9.92. The number of nitrogens with zero attached hydrogens (tertiary/aromatic N) is 1. The standard InChI is InChI=1S/C19H29N3O2.2ClH/c20-18(16-7-11-24-12-8-16)19(23)21-17-6-4-5-15(13-17)14-22-9-2-1-3-10-22;;/h4-6,13,16,18H,1-3,7-12,14,20H2,(H,21,23);2*1H. The van der Waals surface area contributed by atoms with Gasteiger partial charge >= 0.3 is 0 Å². The fourth-order valence-corrected chi connectivity index (χ4v) is 3.64. The lowest BCUT2D eigenvalue weighted by molar-refractivity contribution is -0.119. The molecule has 0 aromatic heterocycles. The predicted octanol–water partition coefficient (Wildman–Crippen LogP) is 3.21. The molecule has 0 saturated carbocycles. The summed E-state index contributed by atoms with van der Waals surface area (Å²) in [7, 11) is 0. The summed E-state index contributed by atoms with van der Waals surface area (Å²) in [6.07, 6.45) is 5.65. The number of carbonyl (C=O) groups is 1. The topological polar surface area (TPSA) is 67.6 Å². The summed E-state index contributed by atoms with van der Waals surface area (Å²) in [5, 5.41) is 2.99. The molecule has 0 radical (unpaired) electrons. The molecule has 1 amide bonds. The third-order valence-electron chi connectivity index (χ3n) is 5.13. The van der Waals surface area contributed by atoms with Gasteiger partial charge in [0.15, 0.2) is 0 Å². The lowest BCUT2D eigenvalue weighted by Gasteiger charge is -2.27. The minimum atomic E-state index is -0.459. The molecule has 2 fully saturated rings. The van der Waals surface area contributed by atoms with Crippen LogP contribution in [0.25, 0.3) is 0 Å². The SMILES string of the molecule is Cl.Cl.NC(C(=O)Nc1cccc(CN2CCCCC2)c1)C1CCOCC1. The van der Waals surface area contributed by atoms with Crippen LogP contribution >= 0.6 is 24.8 Å². The van der Waals surface area contributed by atoms with E-state index in [9.17, 15) is 4.79 Å². The molecule has 1 unspecified atom stereocenters. The van der Waals surface area contributed by atoms with E-state index in [1.54, 1.807) is 0 Å². The fraction of sp³-hybridized carbons (Fsp3) is 0.632. The second kappa shape index (κ2) is 11.8. The van der Waals surface area contributed by atoms with E-state index in [4.69, 9.17) is 10.5 Å². The first kappa shape index (κ1) is 23.2. The van der Waals surface area contributed by atoms with Crippen LogP contribution in [0.1, 0.15) is 37.7 Å². The molecule has 0 aliphatic carbocycles. The number of rotatable bonds is 5. The molecule has 3 rings (SSSR count). The van der Waals surface area contributed by atoms with Crippen LogP contribution in [0.4, 0.5) is 5.69 Å². The Morgan fingerprint density at radius 1 is 1.19 bits per heavy atom. The Morgan fingerprint density at radius 3 is 2.58 bits per heavy atom. The van der Waals surface area contributed by atoms with Gasteiger partial charge in [0.25, 0.3) is 0 Å². The van der Waals surface area contributed by atoms with Gasteiger partial charge in [-0.15, -0.1) is 24.8 Å².